The minimum atomic E-state index is 0.0615. The molecule has 0 spiro atoms. The molecule has 1 aromatic rings. The topological polar surface area (TPSA) is 38.5 Å². The summed E-state index contributed by atoms with van der Waals surface area (Å²) in [6, 6.07) is 7.04. The summed E-state index contributed by atoms with van der Waals surface area (Å²) in [5, 5.41) is 0. The van der Waals surface area contributed by atoms with Gasteiger partial charge in [-0.1, -0.05) is 13.0 Å². The van der Waals surface area contributed by atoms with Crippen LogP contribution in [0.4, 0.5) is 5.69 Å². The van der Waals surface area contributed by atoms with E-state index < -0.39 is 0 Å². The second kappa shape index (κ2) is 6.15. The molecule has 2 N–H and O–H groups in total. The zero-order valence-electron chi connectivity index (χ0n) is 13.3. The molecule has 0 radical (unpaired) electrons. The van der Waals surface area contributed by atoms with E-state index in [1.54, 1.807) is 0 Å². The molecular formula is C17H28N2O. The summed E-state index contributed by atoms with van der Waals surface area (Å²) in [6.45, 7) is 11.4. The standard InChI is InChI=1S/C17H28N2O/c1-5-15(18)11-14-6-7-16(10-13(14)2)19-8-9-20-12-17(19,3)4/h6-7,10,15H,5,8-9,11-12,18H2,1-4H3. The number of nitrogens with two attached hydrogens (primary N) is 1. The number of hydrogen-bond donors (Lipinski definition) is 1. The van der Waals surface area contributed by atoms with Crippen LogP contribution in [-0.4, -0.2) is 31.3 Å². The first-order valence-corrected chi connectivity index (χ1v) is 7.64. The normalized spacial score (nSPS) is 19.9. The summed E-state index contributed by atoms with van der Waals surface area (Å²) in [5.41, 5.74) is 10.1. The van der Waals surface area contributed by atoms with Crippen LogP contribution in [0.15, 0.2) is 18.2 Å². The number of ether oxygens (including phenoxy) is 1. The Bertz CT molecular complexity index is 456. The van der Waals surface area contributed by atoms with Gasteiger partial charge in [-0.05, 0) is 56.9 Å². The summed E-state index contributed by atoms with van der Waals surface area (Å²) in [4.78, 5) is 2.45. The Morgan fingerprint density at radius 2 is 2.15 bits per heavy atom. The maximum Gasteiger partial charge on any atom is 0.0694 e. The predicted octanol–water partition coefficient (Wildman–Crippen LogP) is 2.89. The number of rotatable bonds is 4. The fraction of sp³-hybridized carbons (Fsp3) is 0.647. The highest BCUT2D eigenvalue weighted by molar-refractivity contribution is 5.53. The lowest BCUT2D eigenvalue weighted by atomic mass is 9.97. The lowest BCUT2D eigenvalue weighted by Gasteiger charge is -2.44. The molecule has 1 aliphatic heterocycles. The second-order valence-corrected chi connectivity index (χ2v) is 6.50. The molecule has 3 heteroatoms. The van der Waals surface area contributed by atoms with Gasteiger partial charge in [0.05, 0.1) is 18.8 Å². The molecule has 1 heterocycles. The average Bonchev–Trinajstić information content (AvgIpc) is 2.40. The van der Waals surface area contributed by atoms with E-state index in [9.17, 15) is 0 Å². The molecule has 0 bridgehead atoms. The van der Waals surface area contributed by atoms with Crippen LogP contribution in [0.3, 0.4) is 0 Å². The molecule has 1 saturated heterocycles. The first-order chi connectivity index (χ1) is 9.44. The Kier molecular flexibility index (Phi) is 4.71. The van der Waals surface area contributed by atoms with Crippen LogP contribution in [0.25, 0.3) is 0 Å². The molecule has 1 unspecified atom stereocenters. The van der Waals surface area contributed by atoms with Crippen molar-refractivity contribution in [2.45, 2.75) is 52.1 Å². The molecule has 1 aliphatic rings. The van der Waals surface area contributed by atoms with Crippen molar-refractivity contribution in [3.8, 4) is 0 Å². The van der Waals surface area contributed by atoms with Crippen molar-refractivity contribution in [3.05, 3.63) is 29.3 Å². The van der Waals surface area contributed by atoms with Crippen molar-refractivity contribution in [3.63, 3.8) is 0 Å². The second-order valence-electron chi connectivity index (χ2n) is 6.50. The Balaban J connectivity index is 2.20. The first kappa shape index (κ1) is 15.3. The first-order valence-electron chi connectivity index (χ1n) is 7.64. The van der Waals surface area contributed by atoms with E-state index in [0.717, 1.165) is 32.6 Å². The van der Waals surface area contributed by atoms with Gasteiger partial charge in [-0.25, -0.2) is 0 Å². The third-order valence-corrected chi connectivity index (χ3v) is 4.29. The van der Waals surface area contributed by atoms with E-state index in [1.807, 2.05) is 0 Å². The van der Waals surface area contributed by atoms with Crippen LogP contribution in [0, 0.1) is 6.92 Å². The van der Waals surface area contributed by atoms with Crippen LogP contribution in [0.5, 0.6) is 0 Å². The number of morpholine rings is 1. The molecule has 0 saturated carbocycles. The minimum absolute atomic E-state index is 0.0615. The highest BCUT2D eigenvalue weighted by Gasteiger charge is 2.30. The number of hydrogen-bond acceptors (Lipinski definition) is 3. The van der Waals surface area contributed by atoms with Gasteiger partial charge >= 0.3 is 0 Å². The molecule has 1 atom stereocenters. The Labute approximate surface area is 123 Å². The summed E-state index contributed by atoms with van der Waals surface area (Å²) in [7, 11) is 0. The zero-order chi connectivity index (χ0) is 14.8. The van der Waals surface area contributed by atoms with E-state index in [4.69, 9.17) is 10.5 Å². The fourth-order valence-electron chi connectivity index (χ4n) is 2.84. The number of anilines is 1. The van der Waals surface area contributed by atoms with Gasteiger partial charge in [-0.2, -0.15) is 0 Å². The lowest BCUT2D eigenvalue weighted by molar-refractivity contribution is 0.0644. The van der Waals surface area contributed by atoms with Gasteiger partial charge in [0, 0.05) is 18.3 Å². The maximum absolute atomic E-state index is 6.07. The van der Waals surface area contributed by atoms with E-state index in [1.165, 1.54) is 16.8 Å². The van der Waals surface area contributed by atoms with Crippen LogP contribution < -0.4 is 10.6 Å². The number of aryl methyl sites for hydroxylation is 1. The van der Waals surface area contributed by atoms with E-state index >= 15 is 0 Å². The molecule has 112 valence electrons. The Morgan fingerprint density at radius 1 is 1.40 bits per heavy atom. The molecule has 20 heavy (non-hydrogen) atoms. The number of benzene rings is 1. The third kappa shape index (κ3) is 3.33. The van der Waals surface area contributed by atoms with Gasteiger partial charge < -0.3 is 15.4 Å². The Hall–Kier alpha value is -1.06. The van der Waals surface area contributed by atoms with Crippen molar-refractivity contribution >= 4 is 5.69 Å². The van der Waals surface area contributed by atoms with Crippen LogP contribution in [0.1, 0.15) is 38.3 Å². The summed E-state index contributed by atoms with van der Waals surface area (Å²) in [6.07, 6.45) is 1.99. The smallest absolute Gasteiger partial charge is 0.0694 e. The van der Waals surface area contributed by atoms with Crippen LogP contribution in [-0.2, 0) is 11.2 Å². The quantitative estimate of drug-likeness (QED) is 0.919. The van der Waals surface area contributed by atoms with Gasteiger partial charge in [-0.3, -0.25) is 0 Å². The minimum Gasteiger partial charge on any atom is -0.377 e. The summed E-state index contributed by atoms with van der Waals surface area (Å²) >= 11 is 0. The monoisotopic (exact) mass is 276 g/mol. The molecule has 0 amide bonds. The third-order valence-electron chi connectivity index (χ3n) is 4.29. The molecule has 0 aromatic heterocycles. The summed E-state index contributed by atoms with van der Waals surface area (Å²) in [5.74, 6) is 0. The highest BCUT2D eigenvalue weighted by atomic mass is 16.5. The lowest BCUT2D eigenvalue weighted by Crippen LogP contribution is -2.53. The van der Waals surface area contributed by atoms with Crippen LogP contribution in [0.2, 0.25) is 0 Å². The molecule has 3 nitrogen and oxygen atoms in total. The van der Waals surface area contributed by atoms with Crippen molar-refractivity contribution in [1.82, 2.24) is 0 Å². The van der Waals surface area contributed by atoms with E-state index in [0.29, 0.717) is 0 Å². The Morgan fingerprint density at radius 3 is 2.75 bits per heavy atom. The summed E-state index contributed by atoms with van der Waals surface area (Å²) < 4.78 is 5.60. The van der Waals surface area contributed by atoms with Crippen molar-refractivity contribution in [1.29, 1.82) is 0 Å². The van der Waals surface area contributed by atoms with E-state index in [-0.39, 0.29) is 11.6 Å². The van der Waals surface area contributed by atoms with Gasteiger partial charge in [0.2, 0.25) is 0 Å². The van der Waals surface area contributed by atoms with Gasteiger partial charge in [0.25, 0.3) is 0 Å². The molecular weight excluding hydrogens is 248 g/mol. The van der Waals surface area contributed by atoms with Crippen molar-refractivity contribution in [2.75, 3.05) is 24.7 Å². The van der Waals surface area contributed by atoms with Gasteiger partial charge in [-0.15, -0.1) is 0 Å². The highest BCUT2D eigenvalue weighted by Crippen LogP contribution is 2.28. The molecule has 2 rings (SSSR count). The largest absolute Gasteiger partial charge is 0.377 e. The molecule has 1 fully saturated rings. The van der Waals surface area contributed by atoms with E-state index in [2.05, 4.69) is 50.8 Å². The van der Waals surface area contributed by atoms with Crippen LogP contribution >= 0.6 is 0 Å². The average molecular weight is 276 g/mol. The predicted molar refractivity (Wildman–Crippen MR) is 85.4 cm³/mol. The van der Waals surface area contributed by atoms with Crippen molar-refractivity contribution in [2.24, 2.45) is 5.73 Å². The number of nitrogens with zero attached hydrogens (tertiary/aromatic N) is 1. The van der Waals surface area contributed by atoms with Gasteiger partial charge in [0.1, 0.15) is 0 Å². The molecule has 0 aliphatic carbocycles. The zero-order valence-corrected chi connectivity index (χ0v) is 13.3. The SMILES string of the molecule is CCC(N)Cc1ccc(N2CCOCC2(C)C)cc1C. The fourth-order valence-corrected chi connectivity index (χ4v) is 2.84. The van der Waals surface area contributed by atoms with Crippen molar-refractivity contribution < 1.29 is 4.74 Å². The maximum atomic E-state index is 6.07. The molecule has 1 aromatic carbocycles. The van der Waals surface area contributed by atoms with Gasteiger partial charge in [0.15, 0.2) is 0 Å².